The lowest BCUT2D eigenvalue weighted by Gasteiger charge is -2.31. The maximum Gasteiger partial charge on any atom is 0.232 e. The molecule has 0 radical (unpaired) electrons. The Morgan fingerprint density at radius 3 is 3.10 bits per heavy atom. The van der Waals surface area contributed by atoms with Gasteiger partial charge in [0.05, 0.1) is 19.3 Å². The van der Waals surface area contributed by atoms with Crippen molar-refractivity contribution in [2.75, 3.05) is 19.7 Å². The highest BCUT2D eigenvalue weighted by Crippen LogP contribution is 2.19. The van der Waals surface area contributed by atoms with Gasteiger partial charge in [-0.05, 0) is 19.4 Å². The highest BCUT2D eigenvalue weighted by Gasteiger charge is 2.22. The third-order valence-electron chi connectivity index (χ3n) is 3.54. The number of aryl methyl sites for hydroxylation is 1. The van der Waals surface area contributed by atoms with E-state index >= 15 is 0 Å². The number of aromatic nitrogens is 4. The predicted octanol–water partition coefficient (Wildman–Crippen LogP) is 1.46. The maximum absolute atomic E-state index is 5.70. The number of hydrogen-bond donors (Lipinski definition) is 0. The molecule has 0 spiro atoms. The van der Waals surface area contributed by atoms with Gasteiger partial charge in [0.2, 0.25) is 17.7 Å². The quantitative estimate of drug-likeness (QED) is 0.824. The minimum atomic E-state index is 0.491. The summed E-state index contributed by atoms with van der Waals surface area (Å²) in [6.07, 6.45) is 7.24. The number of rotatable bonds is 5. The van der Waals surface area contributed by atoms with Gasteiger partial charge in [0, 0.05) is 31.8 Å². The van der Waals surface area contributed by atoms with Gasteiger partial charge in [0.25, 0.3) is 0 Å². The number of nitrogens with zero attached hydrogens (tertiary/aromatic N) is 5. The average molecular weight is 289 g/mol. The highest BCUT2D eigenvalue weighted by atomic mass is 16.5. The molecule has 1 atom stereocenters. The van der Waals surface area contributed by atoms with Gasteiger partial charge in [0.15, 0.2) is 0 Å². The monoisotopic (exact) mass is 289 g/mol. The van der Waals surface area contributed by atoms with Crippen LogP contribution in [-0.4, -0.2) is 44.8 Å². The van der Waals surface area contributed by atoms with E-state index in [1.807, 2.05) is 6.92 Å². The highest BCUT2D eigenvalue weighted by molar-refractivity contribution is 5.01. The second-order valence-corrected chi connectivity index (χ2v) is 5.31. The molecule has 2 aromatic heterocycles. The van der Waals surface area contributed by atoms with Gasteiger partial charge < -0.3 is 9.15 Å². The summed E-state index contributed by atoms with van der Waals surface area (Å²) in [5.41, 5.74) is 0. The predicted molar refractivity (Wildman–Crippen MR) is 74.6 cm³/mol. The van der Waals surface area contributed by atoms with Gasteiger partial charge in [-0.15, -0.1) is 10.2 Å². The van der Waals surface area contributed by atoms with E-state index in [9.17, 15) is 0 Å². The molecule has 0 saturated carbocycles. The third-order valence-corrected chi connectivity index (χ3v) is 3.54. The van der Waals surface area contributed by atoms with Crippen molar-refractivity contribution < 1.29 is 9.15 Å². The number of hydrogen-bond acceptors (Lipinski definition) is 7. The molecule has 1 aliphatic heterocycles. The molecule has 0 aromatic carbocycles. The van der Waals surface area contributed by atoms with Crippen LogP contribution in [0, 0.1) is 12.8 Å². The van der Waals surface area contributed by atoms with Crippen LogP contribution in [0.25, 0.3) is 0 Å². The molecule has 21 heavy (non-hydrogen) atoms. The molecule has 3 heterocycles. The molecule has 1 unspecified atom stereocenters. The van der Waals surface area contributed by atoms with Crippen molar-refractivity contribution >= 4 is 0 Å². The molecule has 0 bridgehead atoms. The van der Waals surface area contributed by atoms with Crippen LogP contribution in [0.1, 0.15) is 24.6 Å². The van der Waals surface area contributed by atoms with Gasteiger partial charge in [0.1, 0.15) is 0 Å². The summed E-state index contributed by atoms with van der Waals surface area (Å²) in [5, 5.41) is 7.91. The first-order valence-electron chi connectivity index (χ1n) is 7.20. The Morgan fingerprint density at radius 1 is 1.38 bits per heavy atom. The van der Waals surface area contributed by atoms with Gasteiger partial charge in [-0.25, -0.2) is 4.98 Å². The summed E-state index contributed by atoms with van der Waals surface area (Å²) < 4.78 is 11.1. The molecule has 1 saturated heterocycles. The third kappa shape index (κ3) is 3.98. The van der Waals surface area contributed by atoms with E-state index in [0.717, 1.165) is 19.5 Å². The Labute approximate surface area is 123 Å². The van der Waals surface area contributed by atoms with E-state index in [4.69, 9.17) is 9.15 Å². The van der Waals surface area contributed by atoms with Crippen molar-refractivity contribution in [1.29, 1.82) is 0 Å². The lowest BCUT2D eigenvalue weighted by atomic mass is 9.99. The Balaban J connectivity index is 1.49. The topological polar surface area (TPSA) is 77.2 Å². The van der Waals surface area contributed by atoms with E-state index in [0.29, 0.717) is 36.7 Å². The first-order chi connectivity index (χ1) is 10.3. The van der Waals surface area contributed by atoms with Crippen LogP contribution < -0.4 is 4.74 Å². The minimum Gasteiger partial charge on any atom is -0.476 e. The van der Waals surface area contributed by atoms with Crippen LogP contribution >= 0.6 is 0 Å². The molecular formula is C14H19N5O2. The van der Waals surface area contributed by atoms with E-state index < -0.39 is 0 Å². The van der Waals surface area contributed by atoms with E-state index in [1.54, 1.807) is 18.6 Å². The maximum atomic E-state index is 5.70. The lowest BCUT2D eigenvalue weighted by molar-refractivity contribution is 0.115. The van der Waals surface area contributed by atoms with Crippen LogP contribution in [0.4, 0.5) is 0 Å². The fourth-order valence-electron chi connectivity index (χ4n) is 2.59. The van der Waals surface area contributed by atoms with Crippen molar-refractivity contribution in [2.45, 2.75) is 26.3 Å². The first-order valence-corrected chi connectivity index (χ1v) is 7.20. The van der Waals surface area contributed by atoms with Crippen molar-refractivity contribution in [3.05, 3.63) is 30.4 Å². The van der Waals surface area contributed by atoms with E-state index in [1.165, 1.54) is 6.42 Å². The van der Waals surface area contributed by atoms with Crippen LogP contribution in [0.3, 0.4) is 0 Å². The number of piperidine rings is 1. The normalized spacial score (nSPS) is 19.6. The molecule has 1 fully saturated rings. The average Bonchev–Trinajstić information content (AvgIpc) is 2.92. The zero-order valence-electron chi connectivity index (χ0n) is 12.1. The van der Waals surface area contributed by atoms with E-state index in [2.05, 4.69) is 25.1 Å². The molecule has 7 heteroatoms. The first kappa shape index (κ1) is 13.9. The fourth-order valence-corrected chi connectivity index (χ4v) is 2.59. The van der Waals surface area contributed by atoms with Crippen molar-refractivity contribution in [3.8, 4) is 5.88 Å². The number of likely N-dealkylation sites (tertiary alicyclic amines) is 1. The molecule has 0 amide bonds. The second-order valence-electron chi connectivity index (χ2n) is 5.31. The molecule has 0 aliphatic carbocycles. The summed E-state index contributed by atoms with van der Waals surface area (Å²) in [6.45, 7) is 5.22. The second kappa shape index (κ2) is 6.62. The van der Waals surface area contributed by atoms with Gasteiger partial charge >= 0.3 is 0 Å². The van der Waals surface area contributed by atoms with Gasteiger partial charge in [-0.2, -0.15) is 0 Å². The van der Waals surface area contributed by atoms with Crippen LogP contribution in [0.15, 0.2) is 23.0 Å². The molecule has 0 N–H and O–H groups in total. The summed E-state index contributed by atoms with van der Waals surface area (Å²) in [7, 11) is 0. The summed E-state index contributed by atoms with van der Waals surface area (Å²) >= 11 is 0. The zero-order chi connectivity index (χ0) is 14.5. The Hall–Kier alpha value is -2.02. The number of ether oxygens (including phenoxy) is 1. The van der Waals surface area contributed by atoms with Crippen LogP contribution in [-0.2, 0) is 6.54 Å². The summed E-state index contributed by atoms with van der Waals surface area (Å²) in [4.78, 5) is 10.5. The van der Waals surface area contributed by atoms with Crippen LogP contribution in [0.5, 0.6) is 5.88 Å². The van der Waals surface area contributed by atoms with E-state index in [-0.39, 0.29) is 0 Å². The van der Waals surface area contributed by atoms with Gasteiger partial charge in [-0.3, -0.25) is 9.88 Å². The molecule has 112 valence electrons. The van der Waals surface area contributed by atoms with Crippen molar-refractivity contribution in [2.24, 2.45) is 5.92 Å². The Bertz CT molecular complexity index is 560. The SMILES string of the molecule is Cc1nnc(CN2CCCC(COc3cnccn3)C2)o1. The summed E-state index contributed by atoms with van der Waals surface area (Å²) in [5.74, 6) is 2.37. The molecule has 2 aromatic rings. The van der Waals surface area contributed by atoms with Gasteiger partial charge in [-0.1, -0.05) is 0 Å². The largest absolute Gasteiger partial charge is 0.476 e. The summed E-state index contributed by atoms with van der Waals surface area (Å²) in [6, 6.07) is 0. The molecule has 7 nitrogen and oxygen atoms in total. The zero-order valence-corrected chi connectivity index (χ0v) is 12.1. The minimum absolute atomic E-state index is 0.491. The molecule has 1 aliphatic rings. The molecule has 3 rings (SSSR count). The molecular weight excluding hydrogens is 270 g/mol. The van der Waals surface area contributed by atoms with Crippen molar-refractivity contribution in [1.82, 2.24) is 25.1 Å². The standard InChI is InChI=1S/C14H19N5O2/c1-11-17-18-14(21-11)9-19-6-2-3-12(8-19)10-20-13-7-15-4-5-16-13/h4-5,7,12H,2-3,6,8-10H2,1H3. The fraction of sp³-hybridized carbons (Fsp3) is 0.571. The Morgan fingerprint density at radius 2 is 2.33 bits per heavy atom. The Kier molecular flexibility index (Phi) is 4.40. The van der Waals surface area contributed by atoms with Crippen LogP contribution in [0.2, 0.25) is 0 Å². The van der Waals surface area contributed by atoms with Crippen molar-refractivity contribution in [3.63, 3.8) is 0 Å². The smallest absolute Gasteiger partial charge is 0.232 e. The lowest BCUT2D eigenvalue weighted by Crippen LogP contribution is -2.37.